The molecule has 1 heterocycles. The first kappa shape index (κ1) is 19.5. The molecule has 0 aliphatic heterocycles. The van der Waals surface area contributed by atoms with Crippen molar-refractivity contribution in [3.8, 4) is 22.9 Å². The number of nitrogens with zero attached hydrogens (tertiary/aromatic N) is 2. The lowest BCUT2D eigenvalue weighted by Gasteiger charge is -2.15. The van der Waals surface area contributed by atoms with E-state index in [0.29, 0.717) is 34.3 Å². The van der Waals surface area contributed by atoms with Gasteiger partial charge in [0, 0.05) is 12.1 Å². The maximum Gasteiger partial charge on any atom is 0.230 e. The van der Waals surface area contributed by atoms with Gasteiger partial charge in [0.1, 0.15) is 11.5 Å². The predicted octanol–water partition coefficient (Wildman–Crippen LogP) is 3.42. The predicted molar refractivity (Wildman–Crippen MR) is 105 cm³/mol. The van der Waals surface area contributed by atoms with Crippen LogP contribution in [0.2, 0.25) is 0 Å². The third kappa shape index (κ3) is 5.38. The first-order valence-corrected chi connectivity index (χ1v) is 10.2. The number of rotatable bonds is 7. The van der Waals surface area contributed by atoms with Crippen LogP contribution in [0.25, 0.3) is 11.4 Å². The average molecular weight is 391 g/mol. The van der Waals surface area contributed by atoms with Crippen molar-refractivity contribution in [2.24, 2.45) is 0 Å². The molecule has 0 unspecified atom stereocenters. The summed E-state index contributed by atoms with van der Waals surface area (Å²) in [5.41, 5.74) is 0.792. The number of aromatic amines is 1. The number of hydrogen-bond acceptors (Lipinski definition) is 6. The average Bonchev–Trinajstić information content (AvgIpc) is 3.02. The number of aromatic nitrogens is 3. The SMILES string of the molecule is COc1ccc(-c2nc(SCC(=O)NC3CCCCCC3)n[nH]2)c(OC)c1. The lowest BCUT2D eigenvalue weighted by Crippen LogP contribution is -2.35. The zero-order chi connectivity index (χ0) is 19.1. The van der Waals surface area contributed by atoms with Crippen LogP contribution < -0.4 is 14.8 Å². The van der Waals surface area contributed by atoms with Gasteiger partial charge in [-0.15, -0.1) is 5.10 Å². The summed E-state index contributed by atoms with van der Waals surface area (Å²) in [5.74, 6) is 2.31. The Morgan fingerprint density at radius 2 is 2.00 bits per heavy atom. The van der Waals surface area contributed by atoms with Crippen LogP contribution in [0.3, 0.4) is 0 Å². The fourth-order valence-electron chi connectivity index (χ4n) is 3.25. The number of hydrogen-bond donors (Lipinski definition) is 2. The van der Waals surface area contributed by atoms with Crippen LogP contribution in [0.1, 0.15) is 38.5 Å². The molecular weight excluding hydrogens is 364 g/mol. The molecule has 1 amide bonds. The minimum absolute atomic E-state index is 0.0419. The highest BCUT2D eigenvalue weighted by atomic mass is 32.2. The van der Waals surface area contributed by atoms with E-state index in [9.17, 15) is 4.79 Å². The molecule has 1 aromatic heterocycles. The van der Waals surface area contributed by atoms with E-state index in [1.165, 1.54) is 37.4 Å². The van der Waals surface area contributed by atoms with E-state index >= 15 is 0 Å². The van der Waals surface area contributed by atoms with Crippen LogP contribution in [0.4, 0.5) is 0 Å². The zero-order valence-corrected chi connectivity index (χ0v) is 16.6. The van der Waals surface area contributed by atoms with E-state index in [4.69, 9.17) is 9.47 Å². The summed E-state index contributed by atoms with van der Waals surface area (Å²) < 4.78 is 10.6. The van der Waals surface area contributed by atoms with Crippen molar-refractivity contribution in [3.05, 3.63) is 18.2 Å². The molecule has 0 radical (unpaired) electrons. The molecule has 146 valence electrons. The maximum atomic E-state index is 12.2. The highest BCUT2D eigenvalue weighted by Crippen LogP contribution is 2.32. The third-order valence-corrected chi connectivity index (χ3v) is 5.53. The third-order valence-electron chi connectivity index (χ3n) is 4.68. The van der Waals surface area contributed by atoms with Crippen molar-refractivity contribution in [1.29, 1.82) is 0 Å². The van der Waals surface area contributed by atoms with Gasteiger partial charge in [-0.3, -0.25) is 9.89 Å². The molecule has 8 heteroatoms. The number of carbonyl (C=O) groups excluding carboxylic acids is 1. The second kappa shape index (κ2) is 9.64. The fourth-order valence-corrected chi connectivity index (χ4v) is 3.86. The van der Waals surface area contributed by atoms with Crippen LogP contribution in [0.15, 0.2) is 23.4 Å². The summed E-state index contributed by atoms with van der Waals surface area (Å²) >= 11 is 1.33. The van der Waals surface area contributed by atoms with Crippen molar-refractivity contribution < 1.29 is 14.3 Å². The van der Waals surface area contributed by atoms with E-state index in [-0.39, 0.29) is 5.91 Å². The second-order valence-corrected chi connectivity index (χ2v) is 7.52. The molecule has 2 aromatic rings. The molecule has 0 bridgehead atoms. The zero-order valence-electron chi connectivity index (χ0n) is 15.8. The van der Waals surface area contributed by atoms with Crippen molar-refractivity contribution in [1.82, 2.24) is 20.5 Å². The molecular formula is C19H26N4O3S. The van der Waals surface area contributed by atoms with Crippen LogP contribution in [0, 0.1) is 0 Å². The largest absolute Gasteiger partial charge is 0.497 e. The van der Waals surface area contributed by atoms with Gasteiger partial charge in [-0.1, -0.05) is 37.4 Å². The molecule has 1 aromatic carbocycles. The van der Waals surface area contributed by atoms with E-state index in [1.807, 2.05) is 12.1 Å². The van der Waals surface area contributed by atoms with E-state index in [1.54, 1.807) is 20.3 Å². The van der Waals surface area contributed by atoms with Crippen LogP contribution in [-0.2, 0) is 4.79 Å². The summed E-state index contributed by atoms with van der Waals surface area (Å²) in [6.07, 6.45) is 7.11. The topological polar surface area (TPSA) is 89.1 Å². The van der Waals surface area contributed by atoms with Gasteiger partial charge in [-0.05, 0) is 25.0 Å². The van der Waals surface area contributed by atoms with Gasteiger partial charge < -0.3 is 14.8 Å². The summed E-state index contributed by atoms with van der Waals surface area (Å²) in [6, 6.07) is 5.82. The highest BCUT2D eigenvalue weighted by Gasteiger charge is 2.16. The molecule has 1 saturated carbocycles. The number of nitrogens with one attached hydrogen (secondary N) is 2. The molecule has 2 N–H and O–H groups in total. The Bertz CT molecular complexity index is 757. The van der Waals surface area contributed by atoms with Gasteiger partial charge in [0.05, 0.1) is 25.5 Å². The quantitative estimate of drug-likeness (QED) is 0.556. The Balaban J connectivity index is 1.57. The number of ether oxygens (including phenoxy) is 2. The monoisotopic (exact) mass is 390 g/mol. The fraction of sp³-hybridized carbons (Fsp3) is 0.526. The second-order valence-electron chi connectivity index (χ2n) is 6.58. The molecule has 27 heavy (non-hydrogen) atoms. The van der Waals surface area contributed by atoms with Crippen molar-refractivity contribution >= 4 is 17.7 Å². The van der Waals surface area contributed by atoms with Gasteiger partial charge in [0.2, 0.25) is 11.1 Å². The number of methoxy groups -OCH3 is 2. The molecule has 0 saturated heterocycles. The van der Waals surface area contributed by atoms with Crippen molar-refractivity contribution in [2.75, 3.05) is 20.0 Å². The van der Waals surface area contributed by atoms with Gasteiger partial charge in [0.25, 0.3) is 0 Å². The lowest BCUT2D eigenvalue weighted by molar-refractivity contribution is -0.119. The number of H-pyrrole nitrogens is 1. The summed E-state index contributed by atoms with van der Waals surface area (Å²) in [7, 11) is 3.21. The van der Waals surface area contributed by atoms with Crippen molar-refractivity contribution in [2.45, 2.75) is 49.7 Å². The van der Waals surface area contributed by atoms with Crippen LogP contribution in [-0.4, -0.2) is 47.1 Å². The van der Waals surface area contributed by atoms with Gasteiger partial charge in [-0.25, -0.2) is 4.98 Å². The Labute approximate surface area is 163 Å². The minimum atomic E-state index is 0.0419. The summed E-state index contributed by atoms with van der Waals surface area (Å²) in [6.45, 7) is 0. The van der Waals surface area contributed by atoms with E-state index < -0.39 is 0 Å². The van der Waals surface area contributed by atoms with Crippen molar-refractivity contribution in [3.63, 3.8) is 0 Å². The normalized spacial score (nSPS) is 15.2. The Hall–Kier alpha value is -2.22. The summed E-state index contributed by atoms with van der Waals surface area (Å²) in [4.78, 5) is 16.7. The number of amides is 1. The van der Waals surface area contributed by atoms with E-state index in [0.717, 1.165) is 18.4 Å². The first-order chi connectivity index (χ1) is 13.2. The standard InChI is InChI=1S/C19H26N4O3S/c1-25-14-9-10-15(16(11-14)26-2)18-21-19(23-22-18)27-12-17(24)20-13-7-5-3-4-6-8-13/h9-11,13H,3-8,12H2,1-2H3,(H,20,24)(H,21,22,23). The maximum absolute atomic E-state index is 12.2. The highest BCUT2D eigenvalue weighted by molar-refractivity contribution is 7.99. The van der Waals surface area contributed by atoms with Crippen LogP contribution in [0.5, 0.6) is 11.5 Å². The Morgan fingerprint density at radius 3 is 2.70 bits per heavy atom. The molecule has 0 atom stereocenters. The minimum Gasteiger partial charge on any atom is -0.497 e. The number of thioether (sulfide) groups is 1. The Kier molecular flexibility index (Phi) is 6.98. The molecule has 0 spiro atoms. The lowest BCUT2D eigenvalue weighted by atomic mass is 10.1. The number of benzene rings is 1. The van der Waals surface area contributed by atoms with Crippen LogP contribution >= 0.6 is 11.8 Å². The molecule has 1 aliphatic carbocycles. The molecule has 7 nitrogen and oxygen atoms in total. The van der Waals surface area contributed by atoms with Gasteiger partial charge >= 0.3 is 0 Å². The van der Waals surface area contributed by atoms with Gasteiger partial charge in [0.15, 0.2) is 5.82 Å². The Morgan fingerprint density at radius 1 is 1.22 bits per heavy atom. The first-order valence-electron chi connectivity index (χ1n) is 9.26. The smallest absolute Gasteiger partial charge is 0.230 e. The summed E-state index contributed by atoms with van der Waals surface area (Å²) in [5, 5.41) is 10.8. The number of carbonyl (C=O) groups is 1. The molecule has 1 aliphatic rings. The molecule has 3 rings (SSSR count). The van der Waals surface area contributed by atoms with Gasteiger partial charge in [-0.2, -0.15) is 0 Å². The van der Waals surface area contributed by atoms with E-state index in [2.05, 4.69) is 20.5 Å². The molecule has 1 fully saturated rings.